The number of hydrogen-bond donors (Lipinski definition) is 2. The van der Waals surface area contributed by atoms with Gasteiger partial charge in [0.2, 0.25) is 5.91 Å². The minimum absolute atomic E-state index is 0.0818. The third kappa shape index (κ3) is 2.67. The van der Waals surface area contributed by atoms with Crippen LogP contribution in [0.3, 0.4) is 0 Å². The molecule has 0 aromatic carbocycles. The van der Waals surface area contributed by atoms with Gasteiger partial charge in [-0.05, 0) is 11.6 Å². The predicted molar refractivity (Wildman–Crippen MR) is 52.7 cm³/mol. The lowest BCUT2D eigenvalue weighted by Gasteiger charge is -2.02. The second kappa shape index (κ2) is 4.41. The van der Waals surface area contributed by atoms with Crippen LogP contribution in [-0.2, 0) is 17.9 Å². The van der Waals surface area contributed by atoms with Crippen LogP contribution in [0.1, 0.15) is 5.56 Å². The average molecular weight is 205 g/mol. The van der Waals surface area contributed by atoms with Gasteiger partial charge in [-0.15, -0.1) is 0 Å². The van der Waals surface area contributed by atoms with E-state index >= 15 is 0 Å². The summed E-state index contributed by atoms with van der Waals surface area (Å²) < 4.78 is 1.48. The molecule has 2 aromatic heterocycles. The van der Waals surface area contributed by atoms with Crippen LogP contribution in [0.4, 0.5) is 0 Å². The van der Waals surface area contributed by atoms with Crippen LogP contribution in [0.2, 0.25) is 0 Å². The van der Waals surface area contributed by atoms with Crippen molar-refractivity contribution < 1.29 is 4.79 Å². The molecule has 0 bridgehead atoms. The van der Waals surface area contributed by atoms with Crippen molar-refractivity contribution in [2.75, 3.05) is 0 Å². The molecule has 0 atom stereocenters. The molecule has 2 rings (SSSR count). The Hall–Kier alpha value is -2.11. The van der Waals surface area contributed by atoms with Crippen molar-refractivity contribution in [2.45, 2.75) is 13.1 Å². The molecule has 0 unspecified atom stereocenters. The van der Waals surface area contributed by atoms with E-state index in [-0.39, 0.29) is 12.5 Å². The number of nitrogens with one attached hydrogen (secondary N) is 2. The summed E-state index contributed by atoms with van der Waals surface area (Å²) >= 11 is 0. The zero-order valence-electron chi connectivity index (χ0n) is 8.05. The second-order valence-electron chi connectivity index (χ2n) is 3.09. The molecule has 0 fully saturated rings. The molecule has 0 saturated carbocycles. The molecule has 2 N–H and O–H groups in total. The van der Waals surface area contributed by atoms with Gasteiger partial charge in [0.05, 0.1) is 0 Å². The van der Waals surface area contributed by atoms with E-state index in [4.69, 9.17) is 0 Å². The van der Waals surface area contributed by atoms with E-state index < -0.39 is 0 Å². The van der Waals surface area contributed by atoms with Crippen LogP contribution in [0.25, 0.3) is 0 Å². The number of rotatable bonds is 4. The first-order valence-corrected chi connectivity index (χ1v) is 4.55. The minimum Gasteiger partial charge on any atom is -0.367 e. The molecule has 6 heteroatoms. The van der Waals surface area contributed by atoms with Crippen LogP contribution in [0.15, 0.2) is 31.1 Å². The Morgan fingerprint density at radius 2 is 2.53 bits per heavy atom. The van der Waals surface area contributed by atoms with Gasteiger partial charge in [-0.25, -0.2) is 9.67 Å². The maximum atomic E-state index is 11.4. The lowest BCUT2D eigenvalue weighted by molar-refractivity contribution is -0.122. The van der Waals surface area contributed by atoms with E-state index in [0.29, 0.717) is 6.54 Å². The Labute approximate surface area is 86.3 Å². The predicted octanol–water partition coefficient (Wildman–Crippen LogP) is -0.0774. The monoisotopic (exact) mass is 205 g/mol. The molecule has 0 aliphatic rings. The van der Waals surface area contributed by atoms with Gasteiger partial charge >= 0.3 is 0 Å². The van der Waals surface area contributed by atoms with Crippen LogP contribution >= 0.6 is 0 Å². The van der Waals surface area contributed by atoms with E-state index in [1.54, 1.807) is 0 Å². The van der Waals surface area contributed by atoms with Gasteiger partial charge in [0.25, 0.3) is 0 Å². The fraction of sp³-hybridized carbons (Fsp3) is 0.222. The Balaban J connectivity index is 1.78. The number of nitrogens with zero attached hydrogens (tertiary/aromatic N) is 3. The second-order valence-corrected chi connectivity index (χ2v) is 3.09. The summed E-state index contributed by atoms with van der Waals surface area (Å²) in [5.74, 6) is -0.0818. The lowest BCUT2D eigenvalue weighted by atomic mass is 10.3. The van der Waals surface area contributed by atoms with Gasteiger partial charge in [-0.3, -0.25) is 4.79 Å². The summed E-state index contributed by atoms with van der Waals surface area (Å²) in [7, 11) is 0. The molecule has 0 aliphatic heterocycles. The van der Waals surface area contributed by atoms with Crippen molar-refractivity contribution in [1.82, 2.24) is 25.1 Å². The molecule has 1 amide bonds. The number of carbonyl (C=O) groups is 1. The van der Waals surface area contributed by atoms with E-state index in [2.05, 4.69) is 20.4 Å². The molecule has 6 nitrogen and oxygen atoms in total. The molecule has 0 radical (unpaired) electrons. The number of carbonyl (C=O) groups excluding carboxylic acids is 1. The Kier molecular flexibility index (Phi) is 2.77. The van der Waals surface area contributed by atoms with Crippen molar-refractivity contribution in [3.8, 4) is 0 Å². The van der Waals surface area contributed by atoms with Crippen LogP contribution < -0.4 is 5.32 Å². The molecule has 15 heavy (non-hydrogen) atoms. The minimum atomic E-state index is -0.0818. The number of H-pyrrole nitrogens is 1. The summed E-state index contributed by atoms with van der Waals surface area (Å²) in [6, 6.07) is 1.91. The lowest BCUT2D eigenvalue weighted by Crippen LogP contribution is -2.27. The molecule has 2 aromatic rings. The van der Waals surface area contributed by atoms with Gasteiger partial charge in [-0.1, -0.05) is 0 Å². The quantitative estimate of drug-likeness (QED) is 0.733. The number of aromatic nitrogens is 4. The Bertz CT molecular complexity index is 406. The normalized spacial score (nSPS) is 10.1. The molecule has 78 valence electrons. The number of hydrogen-bond acceptors (Lipinski definition) is 3. The van der Waals surface area contributed by atoms with Gasteiger partial charge < -0.3 is 10.3 Å². The van der Waals surface area contributed by atoms with Crippen LogP contribution in [0, 0.1) is 0 Å². The van der Waals surface area contributed by atoms with Gasteiger partial charge in [0.1, 0.15) is 19.2 Å². The van der Waals surface area contributed by atoms with Crippen molar-refractivity contribution in [1.29, 1.82) is 0 Å². The average Bonchev–Trinajstić information content (AvgIpc) is 2.86. The largest absolute Gasteiger partial charge is 0.367 e. The molecular formula is C9H11N5O. The molecule has 0 spiro atoms. The highest BCUT2D eigenvalue weighted by atomic mass is 16.2. The van der Waals surface area contributed by atoms with E-state index in [0.717, 1.165) is 5.56 Å². The third-order valence-electron chi connectivity index (χ3n) is 1.92. The number of amides is 1. The summed E-state index contributed by atoms with van der Waals surface area (Å²) in [5.41, 5.74) is 1.04. The van der Waals surface area contributed by atoms with E-state index in [1.807, 2.05) is 18.5 Å². The van der Waals surface area contributed by atoms with E-state index in [9.17, 15) is 4.79 Å². The standard InChI is InChI=1S/C9H11N5O/c15-9(5-14-7-11-6-13-14)12-4-8-1-2-10-3-8/h1-3,6-7,10H,4-5H2,(H,12,15). The molecule has 0 aliphatic carbocycles. The highest BCUT2D eigenvalue weighted by Crippen LogP contribution is 1.94. The summed E-state index contributed by atoms with van der Waals surface area (Å²) in [6.07, 6.45) is 6.57. The van der Waals surface area contributed by atoms with E-state index in [1.165, 1.54) is 17.3 Å². The van der Waals surface area contributed by atoms with Crippen LogP contribution in [-0.4, -0.2) is 25.7 Å². The molecule has 2 heterocycles. The number of aromatic amines is 1. The topological polar surface area (TPSA) is 75.6 Å². The smallest absolute Gasteiger partial charge is 0.242 e. The molecular weight excluding hydrogens is 194 g/mol. The van der Waals surface area contributed by atoms with Crippen LogP contribution in [0.5, 0.6) is 0 Å². The third-order valence-corrected chi connectivity index (χ3v) is 1.92. The maximum absolute atomic E-state index is 11.4. The fourth-order valence-electron chi connectivity index (χ4n) is 1.19. The molecule has 0 saturated heterocycles. The van der Waals surface area contributed by atoms with Crippen molar-refractivity contribution in [3.63, 3.8) is 0 Å². The first kappa shape index (κ1) is 9.45. The van der Waals surface area contributed by atoms with Gasteiger partial charge in [0.15, 0.2) is 0 Å². The van der Waals surface area contributed by atoms with Crippen molar-refractivity contribution in [2.24, 2.45) is 0 Å². The SMILES string of the molecule is O=C(Cn1cncn1)NCc1cc[nH]c1. The first-order chi connectivity index (χ1) is 7.34. The van der Waals surface area contributed by atoms with Gasteiger partial charge in [-0.2, -0.15) is 5.10 Å². The fourth-order valence-corrected chi connectivity index (χ4v) is 1.19. The Morgan fingerprint density at radius 3 is 3.20 bits per heavy atom. The summed E-state index contributed by atoms with van der Waals surface area (Å²) in [4.78, 5) is 18.1. The maximum Gasteiger partial charge on any atom is 0.242 e. The first-order valence-electron chi connectivity index (χ1n) is 4.55. The highest BCUT2D eigenvalue weighted by molar-refractivity contribution is 5.75. The zero-order chi connectivity index (χ0) is 10.5. The highest BCUT2D eigenvalue weighted by Gasteiger charge is 2.02. The van der Waals surface area contributed by atoms with Gasteiger partial charge in [0, 0.05) is 18.9 Å². The summed E-state index contributed by atoms with van der Waals surface area (Å²) in [5, 5.41) is 6.62. The zero-order valence-corrected chi connectivity index (χ0v) is 8.05. The Morgan fingerprint density at radius 1 is 1.60 bits per heavy atom. The van der Waals surface area contributed by atoms with Crippen molar-refractivity contribution >= 4 is 5.91 Å². The summed E-state index contributed by atoms with van der Waals surface area (Å²) in [6.45, 7) is 0.724. The van der Waals surface area contributed by atoms with Crippen molar-refractivity contribution in [3.05, 3.63) is 36.7 Å².